The molecular formula is C19H18F3NO4. The van der Waals surface area contributed by atoms with E-state index in [1.54, 1.807) is 24.3 Å². The number of phenols is 1. The Kier molecular flexibility index (Phi) is 5.25. The summed E-state index contributed by atoms with van der Waals surface area (Å²) in [6.45, 7) is -0.902. The maximum Gasteiger partial charge on any atom is 0.393 e. The van der Waals surface area contributed by atoms with Gasteiger partial charge in [0.15, 0.2) is 6.61 Å². The second-order valence-electron chi connectivity index (χ2n) is 6.51. The molecule has 144 valence electrons. The Morgan fingerprint density at radius 3 is 2.52 bits per heavy atom. The van der Waals surface area contributed by atoms with Crippen LogP contribution < -0.4 is 0 Å². The van der Waals surface area contributed by atoms with Crippen molar-refractivity contribution in [2.75, 3.05) is 19.7 Å². The molecule has 1 atom stereocenters. The third-order valence-corrected chi connectivity index (χ3v) is 4.65. The minimum atomic E-state index is -4.35. The lowest BCUT2D eigenvalue weighted by Gasteiger charge is -2.33. The molecular weight excluding hydrogens is 363 g/mol. The Labute approximate surface area is 153 Å². The summed E-state index contributed by atoms with van der Waals surface area (Å²) in [7, 11) is 0. The van der Waals surface area contributed by atoms with Crippen molar-refractivity contribution in [3.8, 4) is 5.75 Å². The van der Waals surface area contributed by atoms with E-state index < -0.39 is 37.1 Å². The van der Waals surface area contributed by atoms with E-state index in [2.05, 4.69) is 0 Å². The third-order valence-electron chi connectivity index (χ3n) is 4.65. The van der Waals surface area contributed by atoms with Gasteiger partial charge in [-0.3, -0.25) is 4.79 Å². The summed E-state index contributed by atoms with van der Waals surface area (Å²) in [4.78, 5) is 25.4. The molecule has 5 nitrogen and oxygen atoms in total. The van der Waals surface area contributed by atoms with Crippen LogP contribution in [0, 0.1) is 5.92 Å². The topological polar surface area (TPSA) is 66.8 Å². The van der Waals surface area contributed by atoms with Crippen LogP contribution in [0.1, 0.15) is 23.2 Å². The van der Waals surface area contributed by atoms with Gasteiger partial charge in [-0.05, 0) is 35.7 Å². The Bertz CT molecular complexity index is 866. The van der Waals surface area contributed by atoms with Crippen molar-refractivity contribution in [3.05, 3.63) is 42.0 Å². The zero-order valence-corrected chi connectivity index (χ0v) is 14.3. The van der Waals surface area contributed by atoms with Crippen LogP contribution >= 0.6 is 0 Å². The Balaban J connectivity index is 1.63. The molecule has 2 aromatic rings. The molecule has 0 radical (unpaired) electrons. The predicted octanol–water partition coefficient (Wildman–Crippen LogP) is 3.50. The van der Waals surface area contributed by atoms with Crippen molar-refractivity contribution in [2.24, 2.45) is 5.92 Å². The first-order valence-corrected chi connectivity index (χ1v) is 8.49. The molecule has 3 rings (SSSR count). The van der Waals surface area contributed by atoms with Gasteiger partial charge in [-0.15, -0.1) is 0 Å². The fraction of sp³-hybridized carbons (Fsp3) is 0.368. The molecule has 27 heavy (non-hydrogen) atoms. The molecule has 1 unspecified atom stereocenters. The molecule has 0 aromatic heterocycles. The molecule has 1 N–H and O–H groups in total. The number of phenolic OH excluding ortho intramolecular Hbond substituents is 1. The molecule has 1 aliphatic rings. The van der Waals surface area contributed by atoms with E-state index >= 15 is 0 Å². The van der Waals surface area contributed by atoms with Gasteiger partial charge in [0.2, 0.25) is 0 Å². The largest absolute Gasteiger partial charge is 0.507 e. The molecule has 1 amide bonds. The van der Waals surface area contributed by atoms with Crippen LogP contribution in [0.2, 0.25) is 0 Å². The number of alkyl halides is 3. The number of amides is 1. The van der Waals surface area contributed by atoms with E-state index in [0.717, 1.165) is 10.3 Å². The number of nitrogens with zero attached hydrogens (tertiary/aromatic N) is 1. The number of hydrogen-bond acceptors (Lipinski definition) is 4. The van der Waals surface area contributed by atoms with Crippen molar-refractivity contribution >= 4 is 22.6 Å². The first-order valence-electron chi connectivity index (χ1n) is 8.49. The average molecular weight is 381 g/mol. The van der Waals surface area contributed by atoms with Crippen molar-refractivity contribution in [1.82, 2.24) is 4.90 Å². The molecule has 1 heterocycles. The lowest BCUT2D eigenvalue weighted by molar-refractivity contribution is -0.188. The van der Waals surface area contributed by atoms with Crippen LogP contribution in [-0.2, 0) is 9.53 Å². The monoisotopic (exact) mass is 381 g/mol. The SMILES string of the molecule is O=C(OCC(=O)N1CCCC(C(F)(F)F)C1)c1cc2ccccc2cc1O. The number of carbonyl (C=O) groups excluding carboxylic acids is 2. The van der Waals surface area contributed by atoms with Gasteiger partial charge in [0.05, 0.1) is 5.92 Å². The number of benzene rings is 2. The zero-order chi connectivity index (χ0) is 19.6. The Morgan fingerprint density at radius 2 is 1.85 bits per heavy atom. The van der Waals surface area contributed by atoms with Gasteiger partial charge in [-0.1, -0.05) is 24.3 Å². The second kappa shape index (κ2) is 7.46. The van der Waals surface area contributed by atoms with Gasteiger partial charge in [-0.25, -0.2) is 4.79 Å². The van der Waals surface area contributed by atoms with Crippen molar-refractivity contribution in [3.63, 3.8) is 0 Å². The number of fused-ring (bicyclic) bond motifs is 1. The second-order valence-corrected chi connectivity index (χ2v) is 6.51. The molecule has 2 aromatic carbocycles. The number of aromatic hydroxyl groups is 1. The molecule has 0 saturated carbocycles. The van der Waals surface area contributed by atoms with Gasteiger partial charge in [0.1, 0.15) is 11.3 Å². The fourth-order valence-corrected chi connectivity index (χ4v) is 3.16. The number of piperidine rings is 1. The van der Waals surface area contributed by atoms with Crippen molar-refractivity contribution < 1.29 is 32.6 Å². The van der Waals surface area contributed by atoms with Crippen LogP contribution in [0.15, 0.2) is 36.4 Å². The highest BCUT2D eigenvalue weighted by Crippen LogP contribution is 2.33. The number of ether oxygens (including phenoxy) is 1. The Morgan fingerprint density at radius 1 is 1.19 bits per heavy atom. The molecule has 1 fully saturated rings. The molecule has 1 saturated heterocycles. The third kappa shape index (κ3) is 4.32. The van der Waals surface area contributed by atoms with E-state index in [4.69, 9.17) is 4.74 Å². The normalized spacial score (nSPS) is 17.7. The fourth-order valence-electron chi connectivity index (χ4n) is 3.16. The van der Waals surface area contributed by atoms with Crippen molar-refractivity contribution in [2.45, 2.75) is 19.0 Å². The summed E-state index contributed by atoms with van der Waals surface area (Å²) < 4.78 is 43.4. The number of hydrogen-bond donors (Lipinski definition) is 1. The highest BCUT2D eigenvalue weighted by Gasteiger charge is 2.42. The maximum absolute atomic E-state index is 12.8. The van der Waals surface area contributed by atoms with Gasteiger partial charge in [0.25, 0.3) is 5.91 Å². The lowest BCUT2D eigenvalue weighted by Crippen LogP contribution is -2.46. The number of rotatable bonds is 3. The first kappa shape index (κ1) is 19.0. The number of carbonyl (C=O) groups is 2. The standard InChI is InChI=1S/C19H18F3NO4/c20-19(21,22)14-6-3-7-23(10-14)17(25)11-27-18(26)15-8-12-4-1-2-5-13(12)9-16(15)24/h1-2,4-5,8-9,14,24H,3,6-7,10-11H2. The highest BCUT2D eigenvalue weighted by molar-refractivity contribution is 5.99. The number of likely N-dealkylation sites (tertiary alicyclic amines) is 1. The van der Waals surface area contributed by atoms with Gasteiger partial charge in [0, 0.05) is 13.1 Å². The Hall–Kier alpha value is -2.77. The van der Waals surface area contributed by atoms with Crippen LogP contribution in [0.5, 0.6) is 5.75 Å². The van der Waals surface area contributed by atoms with Crippen LogP contribution in [0.3, 0.4) is 0 Å². The van der Waals surface area contributed by atoms with Crippen molar-refractivity contribution in [1.29, 1.82) is 0 Å². The number of esters is 1. The van der Waals surface area contributed by atoms with Gasteiger partial charge >= 0.3 is 12.1 Å². The molecule has 0 bridgehead atoms. The minimum Gasteiger partial charge on any atom is -0.507 e. The van der Waals surface area contributed by atoms with E-state index in [1.165, 1.54) is 12.1 Å². The van der Waals surface area contributed by atoms with E-state index in [1.807, 2.05) is 0 Å². The lowest BCUT2D eigenvalue weighted by atomic mass is 9.97. The zero-order valence-electron chi connectivity index (χ0n) is 14.3. The first-order chi connectivity index (χ1) is 12.8. The summed E-state index contributed by atoms with van der Waals surface area (Å²) >= 11 is 0. The van der Waals surface area contributed by atoms with Gasteiger partial charge < -0.3 is 14.7 Å². The van der Waals surface area contributed by atoms with E-state index in [0.29, 0.717) is 5.39 Å². The van der Waals surface area contributed by atoms with E-state index in [-0.39, 0.29) is 30.7 Å². The molecule has 0 aliphatic carbocycles. The highest BCUT2D eigenvalue weighted by atomic mass is 19.4. The van der Waals surface area contributed by atoms with Gasteiger partial charge in [-0.2, -0.15) is 13.2 Å². The smallest absolute Gasteiger partial charge is 0.393 e. The summed E-state index contributed by atoms with van der Waals surface area (Å²) in [5.74, 6) is -3.44. The quantitative estimate of drug-likeness (QED) is 0.827. The molecule has 0 spiro atoms. The number of halogens is 3. The predicted molar refractivity (Wildman–Crippen MR) is 91.3 cm³/mol. The minimum absolute atomic E-state index is 0.0158. The maximum atomic E-state index is 12.8. The van der Waals surface area contributed by atoms with E-state index in [9.17, 15) is 27.9 Å². The summed E-state index contributed by atoms with van der Waals surface area (Å²) in [6.07, 6.45) is -4.13. The van der Waals surface area contributed by atoms with Crippen LogP contribution in [-0.4, -0.2) is 47.8 Å². The van der Waals surface area contributed by atoms with Crippen LogP contribution in [0.4, 0.5) is 13.2 Å². The molecule has 8 heteroatoms. The summed E-state index contributed by atoms with van der Waals surface area (Å²) in [5.41, 5.74) is -0.103. The molecule has 1 aliphatic heterocycles. The average Bonchev–Trinajstić information content (AvgIpc) is 2.64. The van der Waals surface area contributed by atoms with Crippen LogP contribution in [0.25, 0.3) is 10.8 Å². The summed E-state index contributed by atoms with van der Waals surface area (Å²) in [5, 5.41) is 11.4. The summed E-state index contributed by atoms with van der Waals surface area (Å²) in [6, 6.07) is 9.92.